The molecule has 0 aliphatic rings. The van der Waals surface area contributed by atoms with Crippen LogP contribution in [0.5, 0.6) is 5.75 Å². The number of phenols is 1. The Hall–Kier alpha value is -1.41. The summed E-state index contributed by atoms with van der Waals surface area (Å²) in [5.74, 6) is 0.283. The van der Waals surface area contributed by atoms with Crippen LogP contribution in [0, 0.1) is 0 Å². The number of hydrogen-bond acceptors (Lipinski definition) is 2. The zero-order valence-electron chi connectivity index (χ0n) is 16.6. The van der Waals surface area contributed by atoms with Crippen molar-refractivity contribution in [1.82, 2.24) is 0 Å². The van der Waals surface area contributed by atoms with Gasteiger partial charge in [-0.1, -0.05) is 74.5 Å². The van der Waals surface area contributed by atoms with Crippen molar-refractivity contribution in [3.63, 3.8) is 0 Å². The standard InChI is InChI=1S/C24H25NO.2ClH.Zr/c1-3-22(4-2)25-17-21-15-20(18-11-7-5-8-12-18)16-23(24(21)26)19-13-9-6-10-14-19;;;/h5-17,22,26H,3-4H2,1-2H3;2*1H;/q;;;+2/p-2. The summed E-state index contributed by atoms with van der Waals surface area (Å²) in [6.45, 7) is 4.28. The van der Waals surface area contributed by atoms with Gasteiger partial charge >= 0.3 is 37.9 Å². The fraction of sp³-hybridized carbons (Fsp3) is 0.208. The van der Waals surface area contributed by atoms with Crippen molar-refractivity contribution in [2.45, 2.75) is 32.7 Å². The Morgan fingerprint density at radius 3 is 1.90 bits per heavy atom. The van der Waals surface area contributed by atoms with Gasteiger partial charge in [-0.15, -0.1) is 0 Å². The van der Waals surface area contributed by atoms with Gasteiger partial charge in [0.05, 0.1) is 0 Å². The molecular formula is C24H25Cl2NOZr. The number of benzene rings is 3. The van der Waals surface area contributed by atoms with E-state index in [0.29, 0.717) is 0 Å². The number of rotatable bonds is 6. The van der Waals surface area contributed by atoms with E-state index in [1.165, 1.54) is 0 Å². The van der Waals surface area contributed by atoms with Crippen LogP contribution in [0.3, 0.4) is 0 Å². The number of hydrogen-bond donors (Lipinski definition) is 1. The Morgan fingerprint density at radius 2 is 1.38 bits per heavy atom. The van der Waals surface area contributed by atoms with Crippen molar-refractivity contribution in [3.05, 3.63) is 78.4 Å². The molecule has 0 atom stereocenters. The van der Waals surface area contributed by atoms with Crippen LogP contribution in [0.2, 0.25) is 0 Å². The van der Waals surface area contributed by atoms with Crippen molar-refractivity contribution < 1.29 is 26.0 Å². The van der Waals surface area contributed by atoms with Gasteiger partial charge in [0.15, 0.2) is 0 Å². The van der Waals surface area contributed by atoms with E-state index in [4.69, 9.17) is 17.0 Å². The van der Waals surface area contributed by atoms with E-state index < -0.39 is 20.8 Å². The van der Waals surface area contributed by atoms with Gasteiger partial charge in [-0.2, -0.15) is 0 Å². The zero-order valence-corrected chi connectivity index (χ0v) is 20.6. The number of aromatic hydroxyl groups is 1. The summed E-state index contributed by atoms with van der Waals surface area (Å²) in [7, 11) is 9.87. The molecule has 3 aromatic rings. The van der Waals surface area contributed by atoms with Crippen LogP contribution in [0.4, 0.5) is 0 Å². The Morgan fingerprint density at radius 1 is 0.862 bits per heavy atom. The van der Waals surface area contributed by atoms with Gasteiger partial charge in [0.2, 0.25) is 0 Å². The predicted molar refractivity (Wildman–Crippen MR) is 123 cm³/mol. The van der Waals surface area contributed by atoms with Crippen molar-refractivity contribution in [2.24, 2.45) is 4.99 Å². The molecule has 3 rings (SSSR count). The van der Waals surface area contributed by atoms with E-state index in [2.05, 4.69) is 37.0 Å². The molecule has 2 nitrogen and oxygen atoms in total. The van der Waals surface area contributed by atoms with Crippen molar-refractivity contribution >= 4 is 23.2 Å². The molecule has 0 saturated carbocycles. The number of aliphatic imine (C=N–C) groups is 1. The fourth-order valence-electron chi connectivity index (χ4n) is 3.08. The molecule has 150 valence electrons. The molecule has 0 aromatic heterocycles. The summed E-state index contributed by atoms with van der Waals surface area (Å²) >= 11 is -0.826. The van der Waals surface area contributed by atoms with Crippen LogP contribution in [-0.4, -0.2) is 17.4 Å². The van der Waals surface area contributed by atoms with Crippen LogP contribution in [0.25, 0.3) is 22.3 Å². The van der Waals surface area contributed by atoms with Crippen LogP contribution in [-0.2, 0) is 20.8 Å². The van der Waals surface area contributed by atoms with Crippen LogP contribution in [0.15, 0.2) is 77.8 Å². The van der Waals surface area contributed by atoms with Gasteiger partial charge in [0.25, 0.3) is 0 Å². The summed E-state index contributed by atoms with van der Waals surface area (Å²) in [4.78, 5) is 4.68. The molecule has 0 heterocycles. The average Bonchev–Trinajstić information content (AvgIpc) is 2.77. The average molecular weight is 506 g/mol. The maximum atomic E-state index is 10.9. The zero-order chi connectivity index (χ0) is 21.1. The number of phenolic OH excluding ortho intramolecular Hbond substituents is 1. The fourth-order valence-corrected chi connectivity index (χ4v) is 3.08. The van der Waals surface area contributed by atoms with E-state index in [0.717, 1.165) is 40.7 Å². The van der Waals surface area contributed by atoms with Gasteiger partial charge in [0, 0.05) is 23.4 Å². The van der Waals surface area contributed by atoms with E-state index >= 15 is 0 Å². The van der Waals surface area contributed by atoms with Gasteiger partial charge < -0.3 is 5.11 Å². The Kier molecular flexibility index (Phi) is 10.7. The molecule has 0 fully saturated rings. The molecule has 0 aliphatic heterocycles. The minimum absolute atomic E-state index is 0.283. The predicted octanol–water partition coefficient (Wildman–Crippen LogP) is 7.71. The molecule has 0 aliphatic carbocycles. The SMILES string of the molecule is CCC(CC)N=Cc1cc(-c2ccccc2)cc(-c2ccccc2)c1O.[Cl][Zr][Cl]. The Balaban J connectivity index is 0.000000941. The van der Waals surface area contributed by atoms with Gasteiger partial charge in [-0.3, -0.25) is 4.99 Å². The topological polar surface area (TPSA) is 32.6 Å². The van der Waals surface area contributed by atoms with Crippen molar-refractivity contribution in [2.75, 3.05) is 0 Å². The molecule has 0 spiro atoms. The van der Waals surface area contributed by atoms with Gasteiger partial charge in [0.1, 0.15) is 5.75 Å². The second-order valence-electron chi connectivity index (χ2n) is 6.51. The first kappa shape index (κ1) is 23.9. The van der Waals surface area contributed by atoms with Crippen LogP contribution >= 0.6 is 17.0 Å². The number of halogens is 2. The third kappa shape index (κ3) is 7.10. The monoisotopic (exact) mass is 503 g/mol. The Labute approximate surface area is 192 Å². The third-order valence-corrected chi connectivity index (χ3v) is 4.70. The molecule has 29 heavy (non-hydrogen) atoms. The molecule has 0 bridgehead atoms. The molecule has 0 unspecified atom stereocenters. The summed E-state index contributed by atoms with van der Waals surface area (Å²) in [5, 5.41) is 10.9. The normalized spacial score (nSPS) is 10.7. The summed E-state index contributed by atoms with van der Waals surface area (Å²) in [5.41, 5.74) is 4.80. The van der Waals surface area contributed by atoms with E-state index in [-0.39, 0.29) is 11.8 Å². The van der Waals surface area contributed by atoms with E-state index in [1.807, 2.05) is 60.8 Å². The first-order chi connectivity index (χ1) is 14.1. The molecular weight excluding hydrogens is 480 g/mol. The minimum atomic E-state index is -0.826. The van der Waals surface area contributed by atoms with Crippen LogP contribution in [0.1, 0.15) is 32.3 Å². The van der Waals surface area contributed by atoms with Crippen LogP contribution < -0.4 is 0 Å². The summed E-state index contributed by atoms with van der Waals surface area (Å²) in [6, 6.07) is 24.6. The molecule has 3 aromatic carbocycles. The first-order valence-corrected chi connectivity index (χ1v) is 15.9. The molecule has 5 heteroatoms. The summed E-state index contributed by atoms with van der Waals surface area (Å²) < 4.78 is 0. The van der Waals surface area contributed by atoms with Crippen molar-refractivity contribution in [1.29, 1.82) is 0 Å². The molecule has 0 radical (unpaired) electrons. The number of nitrogens with zero attached hydrogens (tertiary/aromatic N) is 1. The van der Waals surface area contributed by atoms with Gasteiger partial charge in [-0.25, -0.2) is 0 Å². The molecule has 1 N–H and O–H groups in total. The molecule has 0 amide bonds. The van der Waals surface area contributed by atoms with Gasteiger partial charge in [-0.05, 0) is 41.7 Å². The summed E-state index contributed by atoms with van der Waals surface area (Å²) in [6.07, 6.45) is 3.82. The maximum absolute atomic E-state index is 10.9. The second-order valence-corrected chi connectivity index (χ2v) is 10.2. The third-order valence-electron chi connectivity index (χ3n) is 4.70. The van der Waals surface area contributed by atoms with Crippen molar-refractivity contribution in [3.8, 4) is 28.0 Å². The van der Waals surface area contributed by atoms with E-state index in [1.54, 1.807) is 0 Å². The quantitative estimate of drug-likeness (QED) is 0.342. The van der Waals surface area contributed by atoms with E-state index in [9.17, 15) is 5.11 Å². The first-order valence-electron chi connectivity index (χ1n) is 9.61. The second kappa shape index (κ2) is 13.0. The Bertz CT molecular complexity index is 898. The molecule has 0 saturated heterocycles.